The van der Waals surface area contributed by atoms with Gasteiger partial charge in [0.1, 0.15) is 5.82 Å². The van der Waals surface area contributed by atoms with Gasteiger partial charge in [-0.15, -0.1) is 0 Å². The summed E-state index contributed by atoms with van der Waals surface area (Å²) in [6.45, 7) is 4.22. The Kier molecular flexibility index (Phi) is 5.65. The zero-order valence-corrected chi connectivity index (χ0v) is 12.3. The van der Waals surface area contributed by atoms with Gasteiger partial charge < -0.3 is 5.32 Å². The molecule has 2 atom stereocenters. The molecule has 0 radical (unpaired) electrons. The Morgan fingerprint density at radius 3 is 2.84 bits per heavy atom. The molecule has 0 saturated heterocycles. The van der Waals surface area contributed by atoms with Gasteiger partial charge in [-0.25, -0.2) is 4.39 Å². The van der Waals surface area contributed by atoms with Gasteiger partial charge in [0.15, 0.2) is 0 Å². The van der Waals surface area contributed by atoms with Gasteiger partial charge in [-0.2, -0.15) is 0 Å². The molecule has 106 valence electrons. The van der Waals surface area contributed by atoms with Crippen molar-refractivity contribution in [3.63, 3.8) is 0 Å². The van der Waals surface area contributed by atoms with Crippen molar-refractivity contribution in [2.24, 2.45) is 5.92 Å². The van der Waals surface area contributed by atoms with Crippen LogP contribution in [0.4, 0.5) is 4.39 Å². The highest BCUT2D eigenvalue weighted by molar-refractivity contribution is 6.30. The zero-order chi connectivity index (χ0) is 13.7. The summed E-state index contributed by atoms with van der Waals surface area (Å²) >= 11 is 5.84. The molecule has 0 bridgehead atoms. The number of halogens is 2. The van der Waals surface area contributed by atoms with Gasteiger partial charge in [0, 0.05) is 5.02 Å². The van der Waals surface area contributed by atoms with E-state index in [0.717, 1.165) is 31.5 Å². The summed E-state index contributed by atoms with van der Waals surface area (Å²) in [7, 11) is 0. The smallest absolute Gasteiger partial charge is 0.128 e. The molecule has 2 unspecified atom stereocenters. The van der Waals surface area contributed by atoms with Crippen LogP contribution in [0.25, 0.3) is 0 Å². The van der Waals surface area contributed by atoms with E-state index in [4.69, 9.17) is 11.6 Å². The van der Waals surface area contributed by atoms with Gasteiger partial charge in [0.05, 0.1) is 0 Å². The molecular formula is C16H23ClFN. The molecule has 1 aliphatic carbocycles. The second-order valence-electron chi connectivity index (χ2n) is 5.52. The molecule has 1 aliphatic rings. The van der Waals surface area contributed by atoms with E-state index in [9.17, 15) is 4.39 Å². The maximum Gasteiger partial charge on any atom is 0.128 e. The minimum Gasteiger partial charge on any atom is -0.316 e. The summed E-state index contributed by atoms with van der Waals surface area (Å²) in [6, 6.07) is 5.13. The Bertz CT molecular complexity index is 408. The van der Waals surface area contributed by atoms with Crippen molar-refractivity contribution in [2.75, 3.05) is 13.1 Å². The molecule has 19 heavy (non-hydrogen) atoms. The van der Waals surface area contributed by atoms with E-state index in [0.29, 0.717) is 16.9 Å². The Balaban J connectivity index is 2.09. The topological polar surface area (TPSA) is 12.0 Å². The number of hydrogen-bond acceptors (Lipinski definition) is 1. The molecule has 1 fully saturated rings. The number of rotatable bonds is 5. The Labute approximate surface area is 120 Å². The molecule has 1 saturated carbocycles. The lowest BCUT2D eigenvalue weighted by atomic mass is 9.75. The Hall–Kier alpha value is -0.600. The third kappa shape index (κ3) is 3.93. The van der Waals surface area contributed by atoms with Crippen molar-refractivity contribution >= 4 is 11.6 Å². The molecule has 1 aromatic carbocycles. The second-order valence-corrected chi connectivity index (χ2v) is 5.96. The molecule has 1 nitrogen and oxygen atoms in total. The first-order valence-corrected chi connectivity index (χ1v) is 7.75. The Morgan fingerprint density at radius 1 is 1.32 bits per heavy atom. The largest absolute Gasteiger partial charge is 0.316 e. The van der Waals surface area contributed by atoms with E-state index in [1.54, 1.807) is 0 Å². The van der Waals surface area contributed by atoms with Crippen LogP contribution in [-0.4, -0.2) is 13.1 Å². The normalized spacial score (nSPS) is 23.5. The summed E-state index contributed by atoms with van der Waals surface area (Å²) in [6.07, 6.45) is 5.91. The predicted octanol–water partition coefficient (Wildman–Crippen LogP) is 4.75. The fourth-order valence-electron chi connectivity index (χ4n) is 3.13. The molecule has 0 aliphatic heterocycles. The van der Waals surface area contributed by atoms with Crippen LogP contribution >= 0.6 is 11.6 Å². The lowest BCUT2D eigenvalue weighted by Crippen LogP contribution is -2.30. The number of nitrogens with one attached hydrogen (secondary N) is 1. The molecule has 0 aromatic heterocycles. The first-order chi connectivity index (χ1) is 9.22. The fourth-order valence-corrected chi connectivity index (χ4v) is 3.29. The highest BCUT2D eigenvalue weighted by Crippen LogP contribution is 2.39. The maximum absolute atomic E-state index is 14.1. The molecule has 1 N–H and O–H groups in total. The van der Waals surface area contributed by atoms with Crippen molar-refractivity contribution in [3.8, 4) is 0 Å². The van der Waals surface area contributed by atoms with Gasteiger partial charge in [-0.1, -0.05) is 37.4 Å². The van der Waals surface area contributed by atoms with Gasteiger partial charge in [0.25, 0.3) is 0 Å². The summed E-state index contributed by atoms with van der Waals surface area (Å²) in [4.78, 5) is 0. The summed E-state index contributed by atoms with van der Waals surface area (Å²) in [5.41, 5.74) is 0.854. The zero-order valence-electron chi connectivity index (χ0n) is 11.6. The van der Waals surface area contributed by atoms with E-state index in [1.807, 2.05) is 12.1 Å². The van der Waals surface area contributed by atoms with E-state index in [1.165, 1.54) is 25.3 Å². The van der Waals surface area contributed by atoms with Crippen LogP contribution in [0.15, 0.2) is 18.2 Å². The minimum atomic E-state index is -0.139. The summed E-state index contributed by atoms with van der Waals surface area (Å²) in [5.74, 6) is 0.756. The monoisotopic (exact) mass is 283 g/mol. The van der Waals surface area contributed by atoms with Crippen LogP contribution in [0.5, 0.6) is 0 Å². The highest BCUT2D eigenvalue weighted by Gasteiger charge is 2.28. The minimum absolute atomic E-state index is 0.139. The molecule has 0 spiro atoms. The van der Waals surface area contributed by atoms with E-state index in [2.05, 4.69) is 12.2 Å². The standard InChI is InChI=1S/C16H23ClFN/c1-2-9-19-11-12-5-3-4-6-14(12)15-8-7-13(17)10-16(15)18/h7-8,10,12,14,19H,2-6,9,11H2,1H3. The van der Waals surface area contributed by atoms with Gasteiger partial charge in [-0.05, 0) is 61.9 Å². The van der Waals surface area contributed by atoms with Gasteiger partial charge in [-0.3, -0.25) is 0 Å². The molecule has 3 heteroatoms. The van der Waals surface area contributed by atoms with E-state index >= 15 is 0 Å². The van der Waals surface area contributed by atoms with Crippen LogP contribution in [-0.2, 0) is 0 Å². The SMILES string of the molecule is CCCNCC1CCCCC1c1ccc(Cl)cc1F. The molecule has 0 heterocycles. The van der Waals surface area contributed by atoms with Crippen LogP contribution in [0.1, 0.15) is 50.5 Å². The van der Waals surface area contributed by atoms with Gasteiger partial charge in [0.2, 0.25) is 0 Å². The number of benzene rings is 1. The van der Waals surface area contributed by atoms with Gasteiger partial charge >= 0.3 is 0 Å². The van der Waals surface area contributed by atoms with Crippen LogP contribution in [0.3, 0.4) is 0 Å². The predicted molar refractivity (Wildman–Crippen MR) is 79.3 cm³/mol. The highest BCUT2D eigenvalue weighted by atomic mass is 35.5. The lowest BCUT2D eigenvalue weighted by Gasteiger charge is -2.32. The van der Waals surface area contributed by atoms with Crippen molar-refractivity contribution in [3.05, 3.63) is 34.6 Å². The summed E-state index contributed by atoms with van der Waals surface area (Å²) < 4.78 is 14.1. The Morgan fingerprint density at radius 2 is 2.11 bits per heavy atom. The van der Waals surface area contributed by atoms with Crippen molar-refractivity contribution < 1.29 is 4.39 Å². The first-order valence-electron chi connectivity index (χ1n) is 7.38. The fraction of sp³-hybridized carbons (Fsp3) is 0.625. The van der Waals surface area contributed by atoms with Crippen LogP contribution < -0.4 is 5.32 Å². The maximum atomic E-state index is 14.1. The molecular weight excluding hydrogens is 261 g/mol. The third-order valence-electron chi connectivity index (χ3n) is 4.10. The molecule has 0 amide bonds. The summed E-state index contributed by atoms with van der Waals surface area (Å²) in [5, 5.41) is 3.97. The third-order valence-corrected chi connectivity index (χ3v) is 4.34. The van der Waals surface area contributed by atoms with E-state index < -0.39 is 0 Å². The lowest BCUT2D eigenvalue weighted by molar-refractivity contribution is 0.290. The average molecular weight is 284 g/mol. The van der Waals surface area contributed by atoms with Crippen LogP contribution in [0, 0.1) is 11.7 Å². The first kappa shape index (κ1) is 14.8. The van der Waals surface area contributed by atoms with Crippen molar-refractivity contribution in [1.82, 2.24) is 5.32 Å². The average Bonchev–Trinajstić information content (AvgIpc) is 2.40. The molecule has 2 rings (SSSR count). The number of hydrogen-bond donors (Lipinski definition) is 1. The van der Waals surface area contributed by atoms with Crippen LogP contribution in [0.2, 0.25) is 5.02 Å². The molecule has 1 aromatic rings. The quantitative estimate of drug-likeness (QED) is 0.769. The van der Waals surface area contributed by atoms with Crippen molar-refractivity contribution in [2.45, 2.75) is 44.9 Å². The van der Waals surface area contributed by atoms with E-state index in [-0.39, 0.29) is 5.82 Å². The van der Waals surface area contributed by atoms with Crippen molar-refractivity contribution in [1.29, 1.82) is 0 Å². The second kappa shape index (κ2) is 7.25.